The molecule has 1 atom stereocenters. The summed E-state index contributed by atoms with van der Waals surface area (Å²) in [5.74, 6) is -0.522. The Morgan fingerprint density at radius 1 is 1.40 bits per heavy atom. The average Bonchev–Trinajstić information content (AvgIpc) is 3.29. The second kappa shape index (κ2) is 7.80. The number of amides is 1. The zero-order valence-corrected chi connectivity index (χ0v) is 13.4. The maximum Gasteiger partial charge on any atom is 0.341 e. The molecule has 2 aromatic rings. The van der Waals surface area contributed by atoms with Crippen molar-refractivity contribution in [3.05, 3.63) is 47.7 Å². The molecule has 1 aliphatic rings. The van der Waals surface area contributed by atoms with E-state index >= 15 is 0 Å². The van der Waals surface area contributed by atoms with Gasteiger partial charge in [0.05, 0.1) is 0 Å². The van der Waals surface area contributed by atoms with E-state index in [1.54, 1.807) is 24.3 Å². The topological polar surface area (TPSA) is 111 Å². The lowest BCUT2D eigenvalue weighted by Crippen LogP contribution is -2.24. The quantitative estimate of drug-likeness (QED) is 0.788. The van der Waals surface area contributed by atoms with Crippen molar-refractivity contribution in [2.24, 2.45) is 0 Å². The highest BCUT2D eigenvalue weighted by Gasteiger charge is 2.27. The molecule has 1 amide bonds. The maximum absolute atomic E-state index is 12.4. The number of nitrogens with zero attached hydrogens (tertiary/aromatic N) is 1. The van der Waals surface area contributed by atoms with Gasteiger partial charge in [-0.15, -0.1) is 0 Å². The highest BCUT2D eigenvalue weighted by atomic mass is 16.5. The van der Waals surface area contributed by atoms with E-state index in [9.17, 15) is 9.59 Å². The van der Waals surface area contributed by atoms with E-state index in [4.69, 9.17) is 19.0 Å². The van der Waals surface area contributed by atoms with Crippen LogP contribution < -0.4 is 10.1 Å². The number of carboxylic acid groups (broad SMARTS) is 1. The molecule has 25 heavy (non-hydrogen) atoms. The van der Waals surface area contributed by atoms with Gasteiger partial charge in [0.1, 0.15) is 11.9 Å². The molecular weight excluding hydrogens is 328 g/mol. The summed E-state index contributed by atoms with van der Waals surface area (Å²) in [6.07, 6.45) is 2.75. The molecular formula is C17H18N2O6. The summed E-state index contributed by atoms with van der Waals surface area (Å²) in [5.41, 5.74) is 1.00. The lowest BCUT2D eigenvalue weighted by Gasteiger charge is -2.09. The molecule has 0 radical (unpaired) electrons. The Kier molecular flexibility index (Phi) is 5.30. The Labute approximate surface area is 143 Å². The number of rotatable bonds is 7. The van der Waals surface area contributed by atoms with Crippen LogP contribution in [0.5, 0.6) is 5.75 Å². The lowest BCUT2D eigenvalue weighted by atomic mass is 10.1. The molecule has 0 saturated carbocycles. The van der Waals surface area contributed by atoms with Crippen molar-refractivity contribution in [2.45, 2.75) is 25.5 Å². The summed E-state index contributed by atoms with van der Waals surface area (Å²) >= 11 is 0. The van der Waals surface area contributed by atoms with Crippen LogP contribution in [0.1, 0.15) is 40.8 Å². The summed E-state index contributed by atoms with van der Waals surface area (Å²) in [5, 5.41) is 11.4. The molecule has 1 saturated heterocycles. The SMILES string of the molecule is O=C(O)COc1cccc(CNC(=O)c2ncoc2C2CCCO2)c1. The third-order valence-corrected chi connectivity index (χ3v) is 3.75. The third kappa shape index (κ3) is 4.36. The van der Waals surface area contributed by atoms with Gasteiger partial charge >= 0.3 is 5.97 Å². The normalized spacial score (nSPS) is 16.6. The van der Waals surface area contributed by atoms with Crippen molar-refractivity contribution in [3.8, 4) is 5.75 Å². The highest BCUT2D eigenvalue weighted by molar-refractivity contribution is 5.93. The van der Waals surface area contributed by atoms with Gasteiger partial charge in [0.25, 0.3) is 5.91 Å². The minimum atomic E-state index is -1.05. The van der Waals surface area contributed by atoms with Crippen molar-refractivity contribution < 1.29 is 28.6 Å². The number of oxazole rings is 1. The number of hydrogen-bond acceptors (Lipinski definition) is 6. The first kappa shape index (κ1) is 17.0. The third-order valence-electron chi connectivity index (χ3n) is 3.75. The van der Waals surface area contributed by atoms with Crippen molar-refractivity contribution >= 4 is 11.9 Å². The number of benzene rings is 1. The summed E-state index contributed by atoms with van der Waals surface area (Å²) in [4.78, 5) is 26.9. The van der Waals surface area contributed by atoms with Crippen LogP contribution in [0.2, 0.25) is 0 Å². The number of carbonyl (C=O) groups is 2. The van der Waals surface area contributed by atoms with Gasteiger partial charge in [0, 0.05) is 13.2 Å². The van der Waals surface area contributed by atoms with Gasteiger partial charge in [-0.3, -0.25) is 4.79 Å². The van der Waals surface area contributed by atoms with Crippen LogP contribution in [0.4, 0.5) is 0 Å². The predicted octanol–water partition coefficient (Wildman–Crippen LogP) is 1.92. The molecule has 1 unspecified atom stereocenters. The average molecular weight is 346 g/mol. The number of nitrogens with one attached hydrogen (secondary N) is 1. The molecule has 0 aliphatic carbocycles. The van der Waals surface area contributed by atoms with Crippen molar-refractivity contribution in [1.82, 2.24) is 10.3 Å². The molecule has 132 valence electrons. The molecule has 0 bridgehead atoms. The highest BCUT2D eigenvalue weighted by Crippen LogP contribution is 2.30. The molecule has 1 fully saturated rings. The summed E-state index contributed by atoms with van der Waals surface area (Å²) in [7, 11) is 0. The van der Waals surface area contributed by atoms with Gasteiger partial charge in [0.2, 0.25) is 0 Å². The van der Waals surface area contributed by atoms with Gasteiger partial charge in [-0.2, -0.15) is 0 Å². The van der Waals surface area contributed by atoms with E-state index < -0.39 is 12.6 Å². The zero-order chi connectivity index (χ0) is 17.6. The van der Waals surface area contributed by atoms with Crippen molar-refractivity contribution in [2.75, 3.05) is 13.2 Å². The largest absolute Gasteiger partial charge is 0.482 e. The Hall–Kier alpha value is -2.87. The molecule has 2 heterocycles. The van der Waals surface area contributed by atoms with Gasteiger partial charge in [0.15, 0.2) is 24.5 Å². The first-order chi connectivity index (χ1) is 12.1. The van der Waals surface area contributed by atoms with E-state index in [1.165, 1.54) is 6.39 Å². The van der Waals surface area contributed by atoms with Crippen LogP contribution in [-0.2, 0) is 16.1 Å². The molecule has 2 N–H and O–H groups in total. The van der Waals surface area contributed by atoms with Crippen LogP contribution in [0.15, 0.2) is 35.1 Å². The van der Waals surface area contributed by atoms with Crippen molar-refractivity contribution in [3.63, 3.8) is 0 Å². The van der Waals surface area contributed by atoms with Gasteiger partial charge in [-0.05, 0) is 30.5 Å². The molecule has 8 nitrogen and oxygen atoms in total. The Morgan fingerprint density at radius 3 is 3.04 bits per heavy atom. The molecule has 1 aliphatic heterocycles. The fraction of sp³-hybridized carbons (Fsp3) is 0.353. The summed E-state index contributed by atoms with van der Waals surface area (Å²) < 4.78 is 16.0. The first-order valence-electron chi connectivity index (χ1n) is 7.90. The second-order valence-electron chi connectivity index (χ2n) is 5.58. The zero-order valence-electron chi connectivity index (χ0n) is 13.4. The number of aromatic nitrogens is 1. The summed E-state index contributed by atoms with van der Waals surface area (Å²) in [6.45, 7) is 0.482. The monoisotopic (exact) mass is 346 g/mol. The molecule has 3 rings (SSSR count). The van der Waals surface area contributed by atoms with Crippen LogP contribution in [0.25, 0.3) is 0 Å². The molecule has 0 spiro atoms. The number of carboxylic acids is 1. The van der Waals surface area contributed by atoms with Gasteiger partial charge < -0.3 is 24.3 Å². The molecule has 1 aromatic heterocycles. The smallest absolute Gasteiger partial charge is 0.341 e. The minimum absolute atomic E-state index is 0.226. The number of hydrogen-bond donors (Lipinski definition) is 2. The lowest BCUT2D eigenvalue weighted by molar-refractivity contribution is -0.139. The van der Waals surface area contributed by atoms with Crippen molar-refractivity contribution in [1.29, 1.82) is 0 Å². The van der Waals surface area contributed by atoms with Crippen LogP contribution in [0.3, 0.4) is 0 Å². The fourth-order valence-electron chi connectivity index (χ4n) is 2.59. The second-order valence-corrected chi connectivity index (χ2v) is 5.58. The maximum atomic E-state index is 12.4. The van der Waals surface area contributed by atoms with Gasteiger partial charge in [-0.1, -0.05) is 12.1 Å². The van der Waals surface area contributed by atoms with E-state index in [1.807, 2.05) is 0 Å². The first-order valence-corrected chi connectivity index (χ1v) is 7.90. The standard InChI is InChI=1S/C17H18N2O6/c20-14(21)9-24-12-4-1-3-11(7-12)8-18-17(22)15-16(25-10-19-15)13-5-2-6-23-13/h1,3-4,7,10,13H,2,5-6,8-9H2,(H,18,22)(H,20,21). The van der Waals surface area contributed by atoms with E-state index in [-0.39, 0.29) is 24.2 Å². The Morgan fingerprint density at radius 2 is 2.28 bits per heavy atom. The van der Waals surface area contributed by atoms with E-state index in [2.05, 4.69) is 10.3 Å². The Balaban J connectivity index is 1.60. The van der Waals surface area contributed by atoms with Crippen LogP contribution >= 0.6 is 0 Å². The number of carbonyl (C=O) groups excluding carboxylic acids is 1. The van der Waals surface area contributed by atoms with E-state index in [0.717, 1.165) is 18.4 Å². The van der Waals surface area contributed by atoms with Gasteiger partial charge in [-0.25, -0.2) is 9.78 Å². The number of ether oxygens (including phenoxy) is 2. The fourth-order valence-corrected chi connectivity index (χ4v) is 2.59. The summed E-state index contributed by atoms with van der Waals surface area (Å²) in [6, 6.07) is 6.86. The number of aliphatic carboxylic acids is 1. The molecule has 1 aromatic carbocycles. The van der Waals surface area contributed by atoms with E-state index in [0.29, 0.717) is 18.1 Å². The van der Waals surface area contributed by atoms with Crippen LogP contribution in [-0.4, -0.2) is 35.2 Å². The molecule has 8 heteroatoms. The Bertz CT molecular complexity index is 751. The predicted molar refractivity (Wildman–Crippen MR) is 85.2 cm³/mol. The minimum Gasteiger partial charge on any atom is -0.482 e. The van der Waals surface area contributed by atoms with Crippen LogP contribution in [0, 0.1) is 0 Å².